The second-order valence-electron chi connectivity index (χ2n) is 3.91. The smallest absolute Gasteiger partial charge is 0.238 e. The van der Waals surface area contributed by atoms with Crippen LogP contribution in [0.1, 0.15) is 18.7 Å². The SMILES string of the molecule is CN1CCC(Cc2nc(Br)no2)CC1. The van der Waals surface area contributed by atoms with Crippen molar-refractivity contribution >= 4 is 15.9 Å². The van der Waals surface area contributed by atoms with E-state index in [0.29, 0.717) is 10.7 Å². The van der Waals surface area contributed by atoms with E-state index in [1.165, 1.54) is 25.9 Å². The van der Waals surface area contributed by atoms with Gasteiger partial charge >= 0.3 is 0 Å². The number of nitrogens with zero attached hydrogens (tertiary/aromatic N) is 3. The Hall–Kier alpha value is -0.420. The minimum absolute atomic E-state index is 0.556. The molecule has 14 heavy (non-hydrogen) atoms. The maximum Gasteiger partial charge on any atom is 0.238 e. The van der Waals surface area contributed by atoms with Crippen LogP contribution in [0.5, 0.6) is 0 Å². The quantitative estimate of drug-likeness (QED) is 0.811. The predicted octanol–water partition coefficient (Wildman–Crippen LogP) is 1.72. The fourth-order valence-corrected chi connectivity index (χ4v) is 2.10. The van der Waals surface area contributed by atoms with Crippen LogP contribution < -0.4 is 0 Å². The van der Waals surface area contributed by atoms with Gasteiger partial charge in [-0.15, -0.1) is 0 Å². The van der Waals surface area contributed by atoms with Gasteiger partial charge in [-0.25, -0.2) is 0 Å². The van der Waals surface area contributed by atoms with Crippen molar-refractivity contribution in [2.24, 2.45) is 5.92 Å². The van der Waals surface area contributed by atoms with Gasteiger partial charge in [-0.05, 0) is 60.0 Å². The molecule has 0 atom stereocenters. The standard InChI is InChI=1S/C9H14BrN3O/c1-13-4-2-7(3-5-13)6-8-11-9(10)12-14-8/h7H,2-6H2,1H3. The summed E-state index contributed by atoms with van der Waals surface area (Å²) < 4.78 is 5.63. The number of halogens is 1. The van der Waals surface area contributed by atoms with Gasteiger partial charge in [0, 0.05) is 6.42 Å². The Morgan fingerprint density at radius 3 is 2.79 bits per heavy atom. The number of hydrogen-bond acceptors (Lipinski definition) is 4. The van der Waals surface area contributed by atoms with Crippen LogP contribution in [-0.4, -0.2) is 35.2 Å². The summed E-state index contributed by atoms with van der Waals surface area (Å²) in [7, 11) is 2.17. The molecule has 1 aliphatic heterocycles. The highest BCUT2D eigenvalue weighted by atomic mass is 79.9. The molecule has 1 fully saturated rings. The molecule has 0 N–H and O–H groups in total. The average molecular weight is 260 g/mol. The minimum Gasteiger partial charge on any atom is -0.338 e. The molecule has 1 aliphatic rings. The third-order valence-electron chi connectivity index (χ3n) is 2.74. The second-order valence-corrected chi connectivity index (χ2v) is 4.62. The summed E-state index contributed by atoms with van der Waals surface area (Å²) in [4.78, 5) is 6.51. The minimum atomic E-state index is 0.556. The lowest BCUT2D eigenvalue weighted by Crippen LogP contribution is -2.30. The maximum atomic E-state index is 5.07. The lowest BCUT2D eigenvalue weighted by atomic mass is 9.94. The van der Waals surface area contributed by atoms with Crippen LogP contribution in [0.2, 0.25) is 0 Å². The maximum absolute atomic E-state index is 5.07. The number of aromatic nitrogens is 2. The van der Waals surface area contributed by atoms with E-state index in [1.54, 1.807) is 0 Å². The summed E-state index contributed by atoms with van der Waals surface area (Å²) in [5.74, 6) is 1.46. The Morgan fingerprint density at radius 2 is 2.21 bits per heavy atom. The van der Waals surface area contributed by atoms with Crippen molar-refractivity contribution in [2.45, 2.75) is 19.3 Å². The molecule has 0 spiro atoms. The molecule has 4 nitrogen and oxygen atoms in total. The van der Waals surface area contributed by atoms with E-state index >= 15 is 0 Å². The molecule has 1 saturated heterocycles. The molecule has 1 aromatic heterocycles. The first-order valence-corrected chi connectivity index (χ1v) is 5.70. The molecule has 2 heterocycles. The molecule has 0 radical (unpaired) electrons. The molecule has 1 aromatic rings. The van der Waals surface area contributed by atoms with Crippen LogP contribution in [0, 0.1) is 5.92 Å². The number of rotatable bonds is 2. The van der Waals surface area contributed by atoms with Crippen molar-refractivity contribution in [1.29, 1.82) is 0 Å². The third kappa shape index (κ3) is 2.54. The Bertz CT molecular complexity index is 294. The molecule has 0 unspecified atom stereocenters. The zero-order valence-corrected chi connectivity index (χ0v) is 9.83. The van der Waals surface area contributed by atoms with E-state index in [1.807, 2.05) is 0 Å². The molecule has 0 saturated carbocycles. The summed E-state index contributed by atoms with van der Waals surface area (Å²) in [6.07, 6.45) is 3.39. The summed E-state index contributed by atoms with van der Waals surface area (Å²) in [6.45, 7) is 2.36. The highest BCUT2D eigenvalue weighted by Crippen LogP contribution is 2.20. The van der Waals surface area contributed by atoms with Gasteiger partial charge in [-0.1, -0.05) is 0 Å². The van der Waals surface area contributed by atoms with Gasteiger partial charge in [0.15, 0.2) is 0 Å². The molecule has 0 aliphatic carbocycles. The van der Waals surface area contributed by atoms with Crippen LogP contribution in [0.25, 0.3) is 0 Å². The third-order valence-corrected chi connectivity index (χ3v) is 3.07. The molecule has 0 amide bonds. The van der Waals surface area contributed by atoms with E-state index in [9.17, 15) is 0 Å². The van der Waals surface area contributed by atoms with Crippen LogP contribution >= 0.6 is 15.9 Å². The van der Waals surface area contributed by atoms with Crippen LogP contribution in [0.4, 0.5) is 0 Å². The van der Waals surface area contributed by atoms with Gasteiger partial charge in [-0.2, -0.15) is 4.98 Å². The Labute approximate surface area is 91.8 Å². The summed E-state index contributed by atoms with van der Waals surface area (Å²) in [5.41, 5.74) is 0. The van der Waals surface area contributed by atoms with Crippen LogP contribution in [0.3, 0.4) is 0 Å². The number of likely N-dealkylation sites (tertiary alicyclic amines) is 1. The van der Waals surface area contributed by atoms with Crippen LogP contribution in [0.15, 0.2) is 9.26 Å². The first-order chi connectivity index (χ1) is 6.74. The van der Waals surface area contributed by atoms with E-state index in [-0.39, 0.29) is 0 Å². The molecular formula is C9H14BrN3O. The zero-order chi connectivity index (χ0) is 9.97. The second kappa shape index (κ2) is 4.40. The average Bonchev–Trinajstić information content (AvgIpc) is 2.56. The first-order valence-electron chi connectivity index (χ1n) is 4.90. The number of piperidine rings is 1. The Kier molecular flexibility index (Phi) is 3.18. The fraction of sp³-hybridized carbons (Fsp3) is 0.778. The van der Waals surface area contributed by atoms with Crippen molar-refractivity contribution in [3.63, 3.8) is 0 Å². The highest BCUT2D eigenvalue weighted by molar-refractivity contribution is 9.10. The zero-order valence-electron chi connectivity index (χ0n) is 8.24. The van der Waals surface area contributed by atoms with Crippen molar-refractivity contribution in [2.75, 3.05) is 20.1 Å². The summed E-state index contributed by atoms with van der Waals surface area (Å²) in [5, 5.41) is 3.72. The Balaban J connectivity index is 1.86. The summed E-state index contributed by atoms with van der Waals surface area (Å²) in [6, 6.07) is 0. The molecular weight excluding hydrogens is 246 g/mol. The van der Waals surface area contributed by atoms with Crippen molar-refractivity contribution in [3.8, 4) is 0 Å². The molecule has 2 rings (SSSR count). The van der Waals surface area contributed by atoms with Crippen molar-refractivity contribution in [1.82, 2.24) is 15.0 Å². The highest BCUT2D eigenvalue weighted by Gasteiger charge is 2.19. The van der Waals surface area contributed by atoms with Gasteiger partial charge in [-0.3, -0.25) is 0 Å². The predicted molar refractivity (Wildman–Crippen MR) is 55.9 cm³/mol. The van der Waals surface area contributed by atoms with Crippen molar-refractivity contribution < 1.29 is 4.52 Å². The van der Waals surface area contributed by atoms with Crippen LogP contribution in [-0.2, 0) is 6.42 Å². The lowest BCUT2D eigenvalue weighted by Gasteiger charge is -2.27. The van der Waals surface area contributed by atoms with E-state index in [0.717, 1.165) is 12.3 Å². The number of hydrogen-bond donors (Lipinski definition) is 0. The van der Waals surface area contributed by atoms with Crippen molar-refractivity contribution in [3.05, 3.63) is 10.6 Å². The Morgan fingerprint density at radius 1 is 1.50 bits per heavy atom. The normalized spacial score (nSPS) is 20.1. The topological polar surface area (TPSA) is 42.2 Å². The lowest BCUT2D eigenvalue weighted by molar-refractivity contribution is 0.208. The molecule has 0 bridgehead atoms. The summed E-state index contributed by atoms with van der Waals surface area (Å²) >= 11 is 3.18. The first kappa shape index (κ1) is 10.1. The fourth-order valence-electron chi connectivity index (χ4n) is 1.83. The molecule has 5 heteroatoms. The van der Waals surface area contributed by atoms with Gasteiger partial charge in [0.1, 0.15) is 0 Å². The molecule has 78 valence electrons. The van der Waals surface area contributed by atoms with E-state index < -0.39 is 0 Å². The van der Waals surface area contributed by atoms with Gasteiger partial charge in [0.2, 0.25) is 10.6 Å². The monoisotopic (exact) mass is 259 g/mol. The van der Waals surface area contributed by atoms with E-state index in [4.69, 9.17) is 4.52 Å². The van der Waals surface area contributed by atoms with Gasteiger partial charge in [0.25, 0.3) is 0 Å². The largest absolute Gasteiger partial charge is 0.338 e. The molecule has 0 aromatic carbocycles. The van der Waals surface area contributed by atoms with Gasteiger partial charge in [0.05, 0.1) is 0 Å². The van der Waals surface area contributed by atoms with E-state index in [2.05, 4.69) is 38.0 Å². The van der Waals surface area contributed by atoms with Gasteiger partial charge < -0.3 is 9.42 Å².